The molecule has 2 unspecified atom stereocenters. The first-order valence-electron chi connectivity index (χ1n) is 22.1. The average molecular weight is 807 g/mol. The van der Waals surface area contributed by atoms with Gasteiger partial charge in [0.2, 0.25) is 0 Å². The van der Waals surface area contributed by atoms with Crippen LogP contribution in [0, 0.1) is 11.8 Å². The lowest BCUT2D eigenvalue weighted by molar-refractivity contribution is -0.124. The molecule has 0 bridgehead atoms. The van der Waals surface area contributed by atoms with Crippen LogP contribution in [-0.4, -0.2) is 47.8 Å². The number of benzene rings is 1. The van der Waals surface area contributed by atoms with Crippen LogP contribution in [0.25, 0.3) is 27.4 Å². The van der Waals surface area contributed by atoms with Crippen molar-refractivity contribution in [1.29, 1.82) is 0 Å². The van der Waals surface area contributed by atoms with E-state index in [4.69, 9.17) is 11.5 Å². The quantitative estimate of drug-likeness (QED) is 0.0934. The molecular formula is C49H66N4O2S2. The molecule has 2 aliphatic heterocycles. The summed E-state index contributed by atoms with van der Waals surface area (Å²) in [4.78, 5) is 38.8. The number of rotatable bonds is 23. The van der Waals surface area contributed by atoms with Gasteiger partial charge < -0.3 is 21.3 Å². The predicted octanol–water partition coefficient (Wildman–Crippen LogP) is 11.8. The van der Waals surface area contributed by atoms with E-state index in [1.807, 2.05) is 9.80 Å². The first kappa shape index (κ1) is 43.0. The molecule has 4 N–H and O–H groups in total. The lowest BCUT2D eigenvalue weighted by Gasteiger charge is -2.29. The van der Waals surface area contributed by atoms with Crippen molar-refractivity contribution in [3.05, 3.63) is 97.6 Å². The largest absolute Gasteiger partial charge is 0.330 e. The smallest absolute Gasteiger partial charge is 0.261 e. The lowest BCUT2D eigenvalue weighted by atomic mass is 9.94. The fourth-order valence-electron chi connectivity index (χ4n) is 8.62. The van der Waals surface area contributed by atoms with Gasteiger partial charge in [0.05, 0.1) is 32.3 Å². The second-order valence-corrected chi connectivity index (χ2v) is 18.5. The van der Waals surface area contributed by atoms with Gasteiger partial charge in [-0.3, -0.25) is 9.59 Å². The Hall–Kier alpha value is -3.56. The number of carbonyl (C=O) groups excluding carboxylic acids is 2. The van der Waals surface area contributed by atoms with Gasteiger partial charge in [0.15, 0.2) is 0 Å². The Balaban J connectivity index is 1.45. The van der Waals surface area contributed by atoms with Gasteiger partial charge in [0, 0.05) is 22.8 Å². The van der Waals surface area contributed by atoms with Crippen LogP contribution in [0.2, 0.25) is 0 Å². The average Bonchev–Trinajstić information content (AvgIpc) is 4.03. The molecule has 3 aromatic rings. The molecule has 6 nitrogen and oxygen atoms in total. The molecule has 8 heteroatoms. The minimum absolute atomic E-state index is 0.0140. The number of allylic oxidation sites excluding steroid dienone is 4. The number of nitrogens with two attached hydrogens (primary N) is 2. The fraction of sp³-hybridized carbons (Fsp3) is 0.510. The fourth-order valence-corrected chi connectivity index (χ4v) is 10.8. The van der Waals surface area contributed by atoms with Crippen LogP contribution in [0.3, 0.4) is 0 Å². The molecule has 2 amide bonds. The second kappa shape index (κ2) is 20.9. The molecule has 306 valence electrons. The lowest BCUT2D eigenvalue weighted by Crippen LogP contribution is -2.34. The maximum absolute atomic E-state index is 15.2. The Morgan fingerprint density at radius 3 is 1.68 bits per heavy atom. The van der Waals surface area contributed by atoms with Crippen LogP contribution in [0.15, 0.2) is 77.4 Å². The summed E-state index contributed by atoms with van der Waals surface area (Å²) in [5, 5.41) is 0. The molecule has 0 saturated carbocycles. The third-order valence-corrected chi connectivity index (χ3v) is 14.5. The molecule has 0 saturated heterocycles. The SMILES string of the molecule is CCCCCC(CC)CN1C(=O)C2=C(c3ccc(-c4ccc(CCCN)cc4)s3)N(CC(CC)CCCC)C(=O)C2=C1c1ccc(C2=CC=C(CCCN)CC2)s1. The zero-order valence-corrected chi connectivity index (χ0v) is 36.7. The summed E-state index contributed by atoms with van der Waals surface area (Å²) in [6.45, 7) is 11.6. The van der Waals surface area contributed by atoms with Crippen LogP contribution < -0.4 is 11.5 Å². The second-order valence-electron chi connectivity index (χ2n) is 16.3. The third-order valence-electron chi connectivity index (χ3n) is 12.2. The first-order chi connectivity index (χ1) is 27.8. The Morgan fingerprint density at radius 2 is 1.14 bits per heavy atom. The van der Waals surface area contributed by atoms with Crippen molar-refractivity contribution >= 4 is 51.5 Å². The minimum atomic E-state index is -0.0154. The number of hydrogen-bond acceptors (Lipinski definition) is 6. The number of unbranched alkanes of at least 4 members (excludes halogenated alkanes) is 3. The molecule has 2 atom stereocenters. The van der Waals surface area contributed by atoms with Crippen LogP contribution >= 0.6 is 22.7 Å². The van der Waals surface area contributed by atoms with E-state index in [0.717, 1.165) is 122 Å². The van der Waals surface area contributed by atoms with Gasteiger partial charge in [0.1, 0.15) is 0 Å². The summed E-state index contributed by atoms with van der Waals surface area (Å²) in [6, 6.07) is 17.5. The highest BCUT2D eigenvalue weighted by Crippen LogP contribution is 2.50. The number of carbonyl (C=O) groups is 2. The number of nitrogens with zero attached hydrogens (tertiary/aromatic N) is 2. The van der Waals surface area contributed by atoms with E-state index in [1.165, 1.54) is 34.4 Å². The monoisotopic (exact) mass is 806 g/mol. The summed E-state index contributed by atoms with van der Waals surface area (Å²) in [7, 11) is 0. The van der Waals surface area contributed by atoms with Crippen LogP contribution in [-0.2, 0) is 16.0 Å². The maximum Gasteiger partial charge on any atom is 0.261 e. The predicted molar refractivity (Wildman–Crippen MR) is 244 cm³/mol. The van der Waals surface area contributed by atoms with Gasteiger partial charge in [0.25, 0.3) is 11.8 Å². The van der Waals surface area contributed by atoms with Crippen molar-refractivity contribution in [3.8, 4) is 10.4 Å². The van der Waals surface area contributed by atoms with Crippen molar-refractivity contribution in [1.82, 2.24) is 9.80 Å². The first-order valence-corrected chi connectivity index (χ1v) is 23.7. The Bertz CT molecular complexity index is 1960. The van der Waals surface area contributed by atoms with Crippen molar-refractivity contribution < 1.29 is 9.59 Å². The van der Waals surface area contributed by atoms with Gasteiger partial charge in [-0.2, -0.15) is 0 Å². The summed E-state index contributed by atoms with van der Waals surface area (Å²) < 4.78 is 0. The van der Waals surface area contributed by atoms with E-state index < -0.39 is 0 Å². The number of amides is 2. The zero-order chi connectivity index (χ0) is 40.3. The number of thiophene rings is 2. The van der Waals surface area contributed by atoms with Crippen molar-refractivity contribution in [2.45, 2.75) is 124 Å². The van der Waals surface area contributed by atoms with Crippen LogP contribution in [0.4, 0.5) is 0 Å². The van der Waals surface area contributed by atoms with E-state index >= 15 is 9.59 Å². The van der Waals surface area contributed by atoms with Gasteiger partial charge >= 0.3 is 0 Å². The zero-order valence-electron chi connectivity index (χ0n) is 35.0. The molecular weight excluding hydrogens is 741 g/mol. The van der Waals surface area contributed by atoms with Crippen molar-refractivity contribution in [2.24, 2.45) is 23.3 Å². The Kier molecular flexibility index (Phi) is 15.8. The van der Waals surface area contributed by atoms with Gasteiger partial charge in [-0.25, -0.2) is 0 Å². The highest BCUT2D eigenvalue weighted by molar-refractivity contribution is 7.16. The van der Waals surface area contributed by atoms with E-state index in [1.54, 1.807) is 22.7 Å². The molecule has 1 aliphatic carbocycles. The third kappa shape index (κ3) is 10.0. The Labute approximate surface area is 350 Å². The summed E-state index contributed by atoms with van der Waals surface area (Å²) in [6.07, 6.45) is 20.5. The van der Waals surface area contributed by atoms with Crippen LogP contribution in [0.1, 0.15) is 138 Å². The highest BCUT2D eigenvalue weighted by Gasteiger charge is 2.50. The molecule has 3 aliphatic rings. The van der Waals surface area contributed by atoms with E-state index in [9.17, 15) is 0 Å². The van der Waals surface area contributed by atoms with Crippen molar-refractivity contribution in [2.75, 3.05) is 26.2 Å². The number of aryl methyl sites for hydroxylation is 1. The molecule has 57 heavy (non-hydrogen) atoms. The molecule has 0 fully saturated rings. The van der Waals surface area contributed by atoms with E-state index in [0.29, 0.717) is 42.6 Å². The maximum atomic E-state index is 15.2. The molecule has 0 radical (unpaired) electrons. The molecule has 6 rings (SSSR count). The van der Waals surface area contributed by atoms with Gasteiger partial charge in [-0.1, -0.05) is 115 Å². The highest BCUT2D eigenvalue weighted by atomic mass is 32.1. The normalized spacial score (nSPS) is 16.9. The molecule has 0 spiro atoms. The molecule has 4 heterocycles. The summed E-state index contributed by atoms with van der Waals surface area (Å²) in [5.41, 5.74) is 19.7. The standard InChI is InChI=1S/C49H66N4O2S2/c1-5-9-11-15-35(8-4)33-53-47(43-29-27-41(57-43)39-24-20-37(21-25-39)17-13-31-51)45-44(49(53)55)46(52(48(45)54)32-34(7-3)14-10-6-2)42-28-26-40(56-42)38-22-18-36(19-23-38)16-12-30-50/h18-20,22-24,26-29,34-35H,5-17,21,25,30-33,50-51H2,1-4H3. The minimum Gasteiger partial charge on any atom is -0.330 e. The van der Waals surface area contributed by atoms with Gasteiger partial charge in [-0.15, -0.1) is 22.7 Å². The summed E-state index contributed by atoms with van der Waals surface area (Å²) >= 11 is 3.43. The topological polar surface area (TPSA) is 92.7 Å². The van der Waals surface area contributed by atoms with E-state index in [2.05, 4.69) is 88.4 Å². The Morgan fingerprint density at radius 1 is 0.596 bits per heavy atom. The van der Waals surface area contributed by atoms with E-state index in [-0.39, 0.29) is 11.8 Å². The number of fused-ring (bicyclic) bond motifs is 1. The number of hydrogen-bond donors (Lipinski definition) is 2. The molecule has 1 aromatic carbocycles. The van der Waals surface area contributed by atoms with Gasteiger partial charge in [-0.05, 0) is 117 Å². The van der Waals surface area contributed by atoms with Crippen molar-refractivity contribution in [3.63, 3.8) is 0 Å². The molecule has 2 aromatic heterocycles. The van der Waals surface area contributed by atoms with Crippen LogP contribution in [0.5, 0.6) is 0 Å². The summed E-state index contributed by atoms with van der Waals surface area (Å²) in [5.74, 6) is 0.692.